The maximum absolute atomic E-state index is 12.5. The number of nitrogens with one attached hydrogen (secondary N) is 1. The number of benzene rings is 1. The van der Waals surface area contributed by atoms with Crippen LogP contribution in [0.3, 0.4) is 0 Å². The molecule has 1 saturated carbocycles. The summed E-state index contributed by atoms with van der Waals surface area (Å²) in [6.07, 6.45) is 4.55. The molecule has 24 heavy (non-hydrogen) atoms. The third-order valence-electron chi connectivity index (χ3n) is 5.18. The molecule has 1 saturated heterocycles. The van der Waals surface area contributed by atoms with Gasteiger partial charge >= 0.3 is 0 Å². The van der Waals surface area contributed by atoms with Crippen molar-refractivity contribution in [3.05, 3.63) is 35.4 Å². The highest BCUT2D eigenvalue weighted by Gasteiger charge is 2.36. The van der Waals surface area contributed by atoms with Gasteiger partial charge in [-0.1, -0.05) is 6.07 Å². The van der Waals surface area contributed by atoms with Crippen LogP contribution in [-0.2, 0) is 4.74 Å². The fourth-order valence-corrected chi connectivity index (χ4v) is 3.86. The van der Waals surface area contributed by atoms with Crippen molar-refractivity contribution in [2.45, 2.75) is 43.9 Å². The summed E-state index contributed by atoms with van der Waals surface area (Å²) in [6.45, 7) is 1.96. The summed E-state index contributed by atoms with van der Waals surface area (Å²) in [7, 11) is 1.76. The van der Waals surface area contributed by atoms with Gasteiger partial charge in [-0.05, 0) is 43.9 Å². The fourth-order valence-electron chi connectivity index (χ4n) is 3.86. The molecule has 1 unspecified atom stereocenters. The number of likely N-dealkylation sites (tertiary alicyclic amines) is 1. The molecule has 2 amide bonds. The van der Waals surface area contributed by atoms with Crippen molar-refractivity contribution in [2.24, 2.45) is 5.73 Å². The molecule has 0 spiro atoms. The summed E-state index contributed by atoms with van der Waals surface area (Å²) in [4.78, 5) is 26.3. The van der Waals surface area contributed by atoms with Gasteiger partial charge in [0.15, 0.2) is 0 Å². The maximum atomic E-state index is 12.5. The number of primary amides is 1. The second-order valence-electron chi connectivity index (χ2n) is 6.66. The van der Waals surface area contributed by atoms with Crippen LogP contribution in [0, 0.1) is 0 Å². The highest BCUT2D eigenvalue weighted by Crippen LogP contribution is 2.28. The Bertz CT molecular complexity index is 619. The van der Waals surface area contributed by atoms with Crippen LogP contribution in [0.25, 0.3) is 0 Å². The van der Waals surface area contributed by atoms with E-state index in [1.807, 2.05) is 0 Å². The van der Waals surface area contributed by atoms with E-state index >= 15 is 0 Å². The average Bonchev–Trinajstić information content (AvgIpc) is 3.23. The van der Waals surface area contributed by atoms with Crippen LogP contribution in [0.5, 0.6) is 0 Å². The fraction of sp³-hybridized carbons (Fsp3) is 0.556. The molecule has 0 radical (unpaired) electrons. The SMILES string of the molecule is COC1CCN([C@@H]2CCC[C@@H]2NC(=O)c2cccc(C(N)=O)c2)C1. The van der Waals surface area contributed by atoms with E-state index in [-0.39, 0.29) is 11.9 Å². The number of hydrogen-bond donors (Lipinski definition) is 2. The van der Waals surface area contributed by atoms with Crippen molar-refractivity contribution in [1.82, 2.24) is 10.2 Å². The third-order valence-corrected chi connectivity index (χ3v) is 5.18. The number of hydrogen-bond acceptors (Lipinski definition) is 4. The van der Waals surface area contributed by atoms with Gasteiger partial charge in [-0.15, -0.1) is 0 Å². The number of nitrogens with zero attached hydrogens (tertiary/aromatic N) is 1. The lowest BCUT2D eigenvalue weighted by Crippen LogP contribution is -2.48. The Morgan fingerprint density at radius 2 is 2.04 bits per heavy atom. The molecule has 3 atom stereocenters. The normalized spacial score (nSPS) is 27.3. The minimum absolute atomic E-state index is 0.141. The summed E-state index contributed by atoms with van der Waals surface area (Å²) in [6, 6.07) is 7.08. The molecule has 0 bridgehead atoms. The van der Waals surface area contributed by atoms with Crippen LogP contribution >= 0.6 is 0 Å². The zero-order valence-corrected chi connectivity index (χ0v) is 14.0. The summed E-state index contributed by atoms with van der Waals surface area (Å²) in [5, 5.41) is 3.15. The largest absolute Gasteiger partial charge is 0.380 e. The molecular formula is C18H25N3O3. The summed E-state index contributed by atoms with van der Waals surface area (Å²) in [5.41, 5.74) is 6.12. The van der Waals surface area contributed by atoms with E-state index in [9.17, 15) is 9.59 Å². The van der Waals surface area contributed by atoms with Crippen LogP contribution in [-0.4, -0.2) is 55.1 Å². The lowest BCUT2D eigenvalue weighted by atomic mass is 10.1. The first-order chi connectivity index (χ1) is 11.6. The molecule has 6 heteroatoms. The van der Waals surface area contributed by atoms with Crippen molar-refractivity contribution in [2.75, 3.05) is 20.2 Å². The number of methoxy groups -OCH3 is 1. The monoisotopic (exact) mass is 331 g/mol. The number of nitrogens with two attached hydrogens (primary N) is 1. The number of ether oxygens (including phenoxy) is 1. The molecular weight excluding hydrogens is 306 g/mol. The molecule has 6 nitrogen and oxygen atoms in total. The smallest absolute Gasteiger partial charge is 0.251 e. The third kappa shape index (κ3) is 3.60. The molecule has 130 valence electrons. The summed E-state index contributed by atoms with van der Waals surface area (Å²) in [5.74, 6) is -0.663. The topological polar surface area (TPSA) is 84.7 Å². The molecule has 3 rings (SSSR count). The number of rotatable bonds is 5. The van der Waals surface area contributed by atoms with Crippen molar-refractivity contribution in [3.63, 3.8) is 0 Å². The van der Waals surface area contributed by atoms with Crippen LogP contribution in [0.1, 0.15) is 46.4 Å². The van der Waals surface area contributed by atoms with Gasteiger partial charge in [0.25, 0.3) is 5.91 Å². The van der Waals surface area contributed by atoms with E-state index in [1.54, 1.807) is 31.4 Å². The summed E-state index contributed by atoms with van der Waals surface area (Å²) >= 11 is 0. The molecule has 2 fully saturated rings. The first-order valence-electron chi connectivity index (χ1n) is 8.56. The van der Waals surface area contributed by atoms with Gasteiger partial charge in [0, 0.05) is 43.4 Å². The van der Waals surface area contributed by atoms with Crippen molar-refractivity contribution < 1.29 is 14.3 Å². The van der Waals surface area contributed by atoms with Gasteiger partial charge < -0.3 is 15.8 Å². The molecule has 3 N–H and O–H groups in total. The minimum atomic E-state index is -0.522. The van der Waals surface area contributed by atoms with Crippen LogP contribution < -0.4 is 11.1 Å². The lowest BCUT2D eigenvalue weighted by Gasteiger charge is -2.30. The highest BCUT2D eigenvalue weighted by molar-refractivity contribution is 5.99. The van der Waals surface area contributed by atoms with Gasteiger partial charge in [-0.2, -0.15) is 0 Å². The number of amides is 2. The average molecular weight is 331 g/mol. The Morgan fingerprint density at radius 3 is 2.75 bits per heavy atom. The van der Waals surface area contributed by atoms with Crippen molar-refractivity contribution in [3.8, 4) is 0 Å². The molecule has 0 aromatic heterocycles. The standard InChI is InChI=1S/C18H25N3O3/c1-24-14-8-9-21(11-14)16-7-3-6-15(16)20-18(23)13-5-2-4-12(10-13)17(19)22/h2,4-5,10,14-16H,3,6-9,11H2,1H3,(H2,19,22)(H,20,23)/t14?,15-,16+/m0/s1. The van der Waals surface area contributed by atoms with Gasteiger partial charge in [0.1, 0.15) is 0 Å². The Kier molecular flexibility index (Phi) is 5.16. The molecule has 1 aromatic rings. The van der Waals surface area contributed by atoms with E-state index in [2.05, 4.69) is 10.2 Å². The first kappa shape index (κ1) is 16.9. The van der Waals surface area contributed by atoms with Gasteiger partial charge in [0.05, 0.1) is 6.10 Å². The highest BCUT2D eigenvalue weighted by atomic mass is 16.5. The van der Waals surface area contributed by atoms with E-state index in [0.717, 1.165) is 38.8 Å². The predicted molar refractivity (Wildman–Crippen MR) is 90.8 cm³/mol. The van der Waals surface area contributed by atoms with Crippen LogP contribution in [0.4, 0.5) is 0 Å². The zero-order valence-electron chi connectivity index (χ0n) is 14.0. The second kappa shape index (κ2) is 7.32. The minimum Gasteiger partial charge on any atom is -0.380 e. The number of carbonyl (C=O) groups is 2. The Morgan fingerprint density at radius 1 is 1.25 bits per heavy atom. The Balaban J connectivity index is 1.65. The molecule has 1 aromatic carbocycles. The first-order valence-corrected chi connectivity index (χ1v) is 8.56. The zero-order chi connectivity index (χ0) is 17.1. The maximum Gasteiger partial charge on any atom is 0.251 e. The van der Waals surface area contributed by atoms with Crippen molar-refractivity contribution >= 4 is 11.8 Å². The quantitative estimate of drug-likeness (QED) is 0.848. The van der Waals surface area contributed by atoms with E-state index in [0.29, 0.717) is 23.3 Å². The lowest BCUT2D eigenvalue weighted by molar-refractivity contribution is 0.0873. The van der Waals surface area contributed by atoms with E-state index < -0.39 is 5.91 Å². The molecule has 1 heterocycles. The van der Waals surface area contributed by atoms with Gasteiger partial charge in [0.2, 0.25) is 5.91 Å². The predicted octanol–water partition coefficient (Wildman–Crippen LogP) is 1.16. The second-order valence-corrected chi connectivity index (χ2v) is 6.66. The Labute approximate surface area is 142 Å². The van der Waals surface area contributed by atoms with Gasteiger partial charge in [-0.3, -0.25) is 14.5 Å². The molecule has 1 aliphatic carbocycles. The number of carbonyl (C=O) groups excluding carboxylic acids is 2. The summed E-state index contributed by atoms with van der Waals surface area (Å²) < 4.78 is 5.45. The Hall–Kier alpha value is -1.92. The van der Waals surface area contributed by atoms with Crippen LogP contribution in [0.15, 0.2) is 24.3 Å². The van der Waals surface area contributed by atoms with E-state index in [1.165, 1.54) is 0 Å². The van der Waals surface area contributed by atoms with Crippen LogP contribution in [0.2, 0.25) is 0 Å². The van der Waals surface area contributed by atoms with Gasteiger partial charge in [-0.25, -0.2) is 0 Å². The van der Waals surface area contributed by atoms with Crippen molar-refractivity contribution in [1.29, 1.82) is 0 Å². The molecule has 2 aliphatic rings. The molecule has 1 aliphatic heterocycles. The van der Waals surface area contributed by atoms with E-state index in [4.69, 9.17) is 10.5 Å².